The number of nitrogens with zero attached hydrogens (tertiary/aromatic N) is 3. The topological polar surface area (TPSA) is 86.1 Å². The van der Waals surface area contributed by atoms with Crippen molar-refractivity contribution < 1.29 is 14.3 Å². The van der Waals surface area contributed by atoms with Crippen molar-refractivity contribution in [1.29, 1.82) is 0 Å². The molecule has 1 fully saturated rings. The van der Waals surface area contributed by atoms with Gasteiger partial charge in [-0.1, -0.05) is 26.7 Å². The van der Waals surface area contributed by atoms with Gasteiger partial charge in [0.05, 0.1) is 11.3 Å². The first-order valence-corrected chi connectivity index (χ1v) is 9.42. The maximum Gasteiger partial charge on any atom is 0.338 e. The van der Waals surface area contributed by atoms with Gasteiger partial charge in [-0.15, -0.1) is 0 Å². The van der Waals surface area contributed by atoms with E-state index < -0.39 is 12.1 Å². The van der Waals surface area contributed by atoms with Crippen molar-refractivity contribution in [3.05, 3.63) is 42.5 Å². The van der Waals surface area contributed by atoms with Crippen molar-refractivity contribution in [3.8, 4) is 5.69 Å². The number of carbonyl (C=O) groups is 2. The van der Waals surface area contributed by atoms with E-state index in [1.54, 1.807) is 42.2 Å². The van der Waals surface area contributed by atoms with Gasteiger partial charge in [-0.25, -0.2) is 14.5 Å². The van der Waals surface area contributed by atoms with Crippen LogP contribution in [0.3, 0.4) is 0 Å². The number of rotatable bonds is 5. The Balaban J connectivity index is 1.56. The third-order valence-corrected chi connectivity index (χ3v) is 5.47. The van der Waals surface area contributed by atoms with Crippen LogP contribution in [0.5, 0.6) is 0 Å². The van der Waals surface area contributed by atoms with Crippen LogP contribution in [0.1, 0.15) is 50.4 Å². The number of hydrogen-bond acceptors (Lipinski definition) is 5. The standard InChI is InChI=1S/C20H26N4O3/c1-13-5-4-6-18(14(13)2)23-19(25)15(3)27-20(26)16-7-9-17(10-8-16)24-12-21-11-22-24/h7-15,18H,4-6H2,1-3H3,(H,23,25)/t13-,14+,15+,18+/m0/s1. The summed E-state index contributed by atoms with van der Waals surface area (Å²) >= 11 is 0. The molecule has 7 nitrogen and oxygen atoms in total. The summed E-state index contributed by atoms with van der Waals surface area (Å²) in [6.45, 7) is 5.99. The van der Waals surface area contributed by atoms with Crippen LogP contribution < -0.4 is 5.32 Å². The minimum absolute atomic E-state index is 0.143. The van der Waals surface area contributed by atoms with Crippen LogP contribution in [0.25, 0.3) is 5.69 Å². The molecule has 4 atom stereocenters. The molecule has 1 amide bonds. The Morgan fingerprint density at radius 2 is 1.96 bits per heavy atom. The van der Waals surface area contributed by atoms with Crippen LogP contribution in [0.2, 0.25) is 0 Å². The Hall–Kier alpha value is -2.70. The van der Waals surface area contributed by atoms with Gasteiger partial charge in [-0.05, 0) is 49.4 Å². The van der Waals surface area contributed by atoms with Gasteiger partial charge in [0, 0.05) is 6.04 Å². The molecule has 0 spiro atoms. The van der Waals surface area contributed by atoms with Crippen LogP contribution in [-0.4, -0.2) is 38.8 Å². The van der Waals surface area contributed by atoms with E-state index >= 15 is 0 Å². The van der Waals surface area contributed by atoms with Gasteiger partial charge in [-0.2, -0.15) is 5.10 Å². The van der Waals surface area contributed by atoms with Crippen LogP contribution in [-0.2, 0) is 9.53 Å². The van der Waals surface area contributed by atoms with Crippen LogP contribution in [0, 0.1) is 11.8 Å². The van der Waals surface area contributed by atoms with Gasteiger partial charge >= 0.3 is 5.97 Å². The molecule has 1 aliphatic rings. The van der Waals surface area contributed by atoms with Crippen molar-refractivity contribution in [3.63, 3.8) is 0 Å². The highest BCUT2D eigenvalue weighted by atomic mass is 16.5. The van der Waals surface area contributed by atoms with Crippen molar-refractivity contribution in [2.75, 3.05) is 0 Å². The fraction of sp³-hybridized carbons (Fsp3) is 0.500. The monoisotopic (exact) mass is 370 g/mol. The van der Waals surface area contributed by atoms with Gasteiger partial charge in [0.1, 0.15) is 12.7 Å². The van der Waals surface area contributed by atoms with E-state index in [1.807, 2.05) is 0 Å². The summed E-state index contributed by atoms with van der Waals surface area (Å²) in [6, 6.07) is 6.94. The maximum atomic E-state index is 12.4. The molecule has 1 aliphatic carbocycles. The van der Waals surface area contributed by atoms with E-state index in [2.05, 4.69) is 29.2 Å². The van der Waals surface area contributed by atoms with E-state index in [0.29, 0.717) is 17.4 Å². The predicted molar refractivity (Wildman–Crippen MR) is 100 cm³/mol. The van der Waals surface area contributed by atoms with Gasteiger partial charge in [0.25, 0.3) is 5.91 Å². The predicted octanol–water partition coefficient (Wildman–Crippen LogP) is 2.75. The van der Waals surface area contributed by atoms with E-state index in [4.69, 9.17) is 4.74 Å². The Morgan fingerprint density at radius 3 is 2.63 bits per heavy atom. The molecule has 1 N–H and O–H groups in total. The molecule has 7 heteroatoms. The lowest BCUT2D eigenvalue weighted by molar-refractivity contribution is -0.130. The highest BCUT2D eigenvalue weighted by molar-refractivity contribution is 5.92. The second kappa shape index (κ2) is 8.33. The molecule has 27 heavy (non-hydrogen) atoms. The van der Waals surface area contributed by atoms with E-state index in [-0.39, 0.29) is 11.9 Å². The first-order chi connectivity index (χ1) is 13.0. The number of carbonyl (C=O) groups excluding carboxylic acids is 2. The Bertz CT molecular complexity index is 773. The second-order valence-electron chi connectivity index (χ2n) is 7.32. The second-order valence-corrected chi connectivity index (χ2v) is 7.32. The molecule has 0 radical (unpaired) electrons. The number of nitrogens with one attached hydrogen (secondary N) is 1. The molecular formula is C20H26N4O3. The summed E-state index contributed by atoms with van der Waals surface area (Å²) in [6.07, 6.45) is 5.47. The highest BCUT2D eigenvalue weighted by Crippen LogP contribution is 2.29. The van der Waals surface area contributed by atoms with Gasteiger partial charge in [0.2, 0.25) is 0 Å². The molecule has 1 aromatic heterocycles. The Morgan fingerprint density at radius 1 is 1.22 bits per heavy atom. The highest BCUT2D eigenvalue weighted by Gasteiger charge is 2.30. The summed E-state index contributed by atoms with van der Waals surface area (Å²) in [5, 5.41) is 7.08. The molecule has 0 bridgehead atoms. The van der Waals surface area contributed by atoms with Crippen molar-refractivity contribution in [2.24, 2.45) is 11.8 Å². The van der Waals surface area contributed by atoms with Crippen LogP contribution >= 0.6 is 0 Å². The minimum Gasteiger partial charge on any atom is -0.449 e. The van der Waals surface area contributed by atoms with Crippen molar-refractivity contribution in [2.45, 2.75) is 52.2 Å². The summed E-state index contributed by atoms with van der Waals surface area (Å²) in [7, 11) is 0. The molecule has 0 saturated heterocycles. The van der Waals surface area contributed by atoms with E-state index in [9.17, 15) is 9.59 Å². The lowest BCUT2D eigenvalue weighted by atomic mass is 9.78. The lowest BCUT2D eigenvalue weighted by Crippen LogP contribution is -2.47. The van der Waals surface area contributed by atoms with Crippen molar-refractivity contribution in [1.82, 2.24) is 20.1 Å². The quantitative estimate of drug-likeness (QED) is 0.818. The number of ether oxygens (including phenoxy) is 1. The normalized spacial score (nSPS) is 23.4. The Kier molecular flexibility index (Phi) is 5.88. The van der Waals surface area contributed by atoms with Gasteiger partial charge in [0.15, 0.2) is 6.10 Å². The largest absolute Gasteiger partial charge is 0.449 e. The molecule has 0 unspecified atom stereocenters. The minimum atomic E-state index is -0.836. The molecule has 144 valence electrons. The first kappa shape index (κ1) is 19.1. The third kappa shape index (κ3) is 4.53. The summed E-state index contributed by atoms with van der Waals surface area (Å²) < 4.78 is 6.94. The fourth-order valence-corrected chi connectivity index (χ4v) is 3.46. The smallest absolute Gasteiger partial charge is 0.338 e. The van der Waals surface area contributed by atoms with E-state index in [1.165, 1.54) is 12.7 Å². The lowest BCUT2D eigenvalue weighted by Gasteiger charge is -2.35. The SMILES string of the molecule is C[C@@H]1[C@@H](C)CCC[C@H]1NC(=O)[C@@H](C)OC(=O)c1ccc(-n2cncn2)cc1. The molecule has 0 aliphatic heterocycles. The Labute approximate surface area is 159 Å². The fourth-order valence-electron chi connectivity index (χ4n) is 3.46. The number of esters is 1. The average molecular weight is 370 g/mol. The summed E-state index contributed by atoms with van der Waals surface area (Å²) in [5.41, 5.74) is 1.17. The third-order valence-electron chi connectivity index (χ3n) is 5.47. The average Bonchev–Trinajstić information content (AvgIpc) is 3.20. The zero-order valence-corrected chi connectivity index (χ0v) is 16.0. The number of benzene rings is 1. The van der Waals surface area contributed by atoms with Crippen molar-refractivity contribution >= 4 is 11.9 Å². The van der Waals surface area contributed by atoms with Crippen LogP contribution in [0.4, 0.5) is 0 Å². The zero-order chi connectivity index (χ0) is 19.4. The number of hydrogen-bond donors (Lipinski definition) is 1. The van der Waals surface area contributed by atoms with Gasteiger partial charge < -0.3 is 10.1 Å². The molecule has 1 saturated carbocycles. The van der Waals surface area contributed by atoms with Crippen LogP contribution in [0.15, 0.2) is 36.9 Å². The molecule has 3 rings (SSSR count). The molecule has 2 aromatic rings. The summed E-state index contributed by atoms with van der Waals surface area (Å²) in [5.74, 6) is 0.252. The maximum absolute atomic E-state index is 12.4. The number of aromatic nitrogens is 3. The van der Waals surface area contributed by atoms with E-state index in [0.717, 1.165) is 18.5 Å². The molecular weight excluding hydrogens is 344 g/mol. The molecule has 1 heterocycles. The molecule has 1 aromatic carbocycles. The number of amides is 1. The van der Waals surface area contributed by atoms with Gasteiger partial charge in [-0.3, -0.25) is 4.79 Å². The first-order valence-electron chi connectivity index (χ1n) is 9.42. The summed E-state index contributed by atoms with van der Waals surface area (Å²) in [4.78, 5) is 28.7. The zero-order valence-electron chi connectivity index (χ0n) is 16.0.